The first-order valence-electron chi connectivity index (χ1n) is 9.83. The van der Waals surface area contributed by atoms with Crippen LogP contribution in [-0.2, 0) is 14.3 Å². The van der Waals surface area contributed by atoms with Gasteiger partial charge >= 0.3 is 0 Å². The number of ketones is 1. The van der Waals surface area contributed by atoms with Crippen molar-refractivity contribution in [3.05, 3.63) is 65.4 Å². The minimum Gasteiger partial charge on any atom is -0.507 e. The molecule has 3 heterocycles. The van der Waals surface area contributed by atoms with E-state index in [1.165, 1.54) is 12.0 Å². The summed E-state index contributed by atoms with van der Waals surface area (Å²) in [6, 6.07) is 11.8. The van der Waals surface area contributed by atoms with Crippen LogP contribution in [0.25, 0.3) is 16.7 Å². The van der Waals surface area contributed by atoms with Gasteiger partial charge in [-0.15, -0.1) is 0 Å². The van der Waals surface area contributed by atoms with E-state index in [1.54, 1.807) is 24.4 Å². The van der Waals surface area contributed by atoms with Crippen LogP contribution in [0, 0.1) is 0 Å². The summed E-state index contributed by atoms with van der Waals surface area (Å²) in [5, 5.41) is 12.0. The Balaban J connectivity index is 1.69. The van der Waals surface area contributed by atoms with E-state index >= 15 is 0 Å². The fraction of sp³-hybridized carbons (Fsp3) is 0.217. The summed E-state index contributed by atoms with van der Waals surface area (Å²) in [6.07, 6.45) is 1.77. The quantitative estimate of drug-likeness (QED) is 0.374. The number of rotatable bonds is 5. The molecule has 1 unspecified atom stereocenters. The lowest BCUT2D eigenvalue weighted by atomic mass is 9.95. The third-order valence-electron chi connectivity index (χ3n) is 5.64. The van der Waals surface area contributed by atoms with Crippen LogP contribution in [0.4, 0.5) is 0 Å². The zero-order valence-corrected chi connectivity index (χ0v) is 16.8. The highest BCUT2D eigenvalue weighted by molar-refractivity contribution is 6.46. The van der Waals surface area contributed by atoms with Crippen molar-refractivity contribution >= 4 is 28.4 Å². The Morgan fingerprint density at radius 2 is 2.00 bits per heavy atom. The molecule has 1 atom stereocenters. The van der Waals surface area contributed by atoms with E-state index in [0.29, 0.717) is 17.1 Å². The second kappa shape index (κ2) is 7.48. The molecule has 0 saturated carbocycles. The van der Waals surface area contributed by atoms with Gasteiger partial charge in [-0.1, -0.05) is 18.2 Å². The topological polar surface area (TPSA) is 101 Å². The van der Waals surface area contributed by atoms with Gasteiger partial charge in [0.2, 0.25) is 6.79 Å². The van der Waals surface area contributed by atoms with Crippen molar-refractivity contribution < 1.29 is 28.9 Å². The first kappa shape index (κ1) is 19.2. The molecule has 0 aliphatic carbocycles. The summed E-state index contributed by atoms with van der Waals surface area (Å²) in [4.78, 5) is 30.6. The van der Waals surface area contributed by atoms with Crippen LogP contribution in [-0.4, -0.2) is 53.7 Å². The summed E-state index contributed by atoms with van der Waals surface area (Å²) in [5.74, 6) is -0.630. The maximum absolute atomic E-state index is 13.1. The number of aliphatic hydroxyl groups is 1. The number of nitrogens with one attached hydrogen (secondary N) is 1. The number of likely N-dealkylation sites (tertiary alicyclic amines) is 1. The monoisotopic (exact) mass is 420 g/mol. The Morgan fingerprint density at radius 1 is 1.19 bits per heavy atom. The van der Waals surface area contributed by atoms with E-state index in [2.05, 4.69) is 4.98 Å². The van der Waals surface area contributed by atoms with Gasteiger partial charge in [0, 0.05) is 41.9 Å². The van der Waals surface area contributed by atoms with Crippen molar-refractivity contribution in [3.63, 3.8) is 0 Å². The molecule has 8 nitrogen and oxygen atoms in total. The zero-order valence-electron chi connectivity index (χ0n) is 16.8. The third-order valence-corrected chi connectivity index (χ3v) is 5.64. The molecule has 1 aromatic heterocycles. The summed E-state index contributed by atoms with van der Waals surface area (Å²) in [6.45, 7) is 0.565. The van der Waals surface area contributed by atoms with Gasteiger partial charge in [-0.2, -0.15) is 0 Å². The Bertz CT molecular complexity index is 1230. The Kier molecular flexibility index (Phi) is 4.63. The number of carbonyl (C=O) groups is 2. The van der Waals surface area contributed by atoms with Crippen LogP contribution in [0.15, 0.2) is 54.2 Å². The molecule has 1 amide bonds. The highest BCUT2D eigenvalue weighted by Gasteiger charge is 2.46. The first-order chi connectivity index (χ1) is 15.1. The predicted octanol–water partition coefficient (Wildman–Crippen LogP) is 2.96. The van der Waals surface area contributed by atoms with E-state index < -0.39 is 17.7 Å². The van der Waals surface area contributed by atoms with Gasteiger partial charge in [0.05, 0.1) is 18.2 Å². The van der Waals surface area contributed by atoms with Crippen molar-refractivity contribution in [2.24, 2.45) is 0 Å². The number of aromatic amines is 1. The van der Waals surface area contributed by atoms with E-state index in [0.717, 1.165) is 16.5 Å². The number of H-pyrrole nitrogens is 1. The fourth-order valence-electron chi connectivity index (χ4n) is 4.14. The number of carbonyl (C=O) groups excluding carboxylic acids is 2. The van der Waals surface area contributed by atoms with Gasteiger partial charge in [0.25, 0.3) is 11.7 Å². The number of nitrogens with zero attached hydrogens (tertiary/aromatic N) is 1. The summed E-state index contributed by atoms with van der Waals surface area (Å²) in [5.41, 5.74) is 2.01. The molecule has 0 spiro atoms. The molecule has 3 aromatic rings. The van der Waals surface area contributed by atoms with Crippen molar-refractivity contribution in [2.45, 2.75) is 6.04 Å². The number of ether oxygens (including phenoxy) is 3. The highest BCUT2D eigenvalue weighted by Crippen LogP contribution is 2.43. The lowest BCUT2D eigenvalue weighted by Gasteiger charge is -2.24. The summed E-state index contributed by atoms with van der Waals surface area (Å²) >= 11 is 0. The molecule has 1 fully saturated rings. The number of hydrogen-bond donors (Lipinski definition) is 2. The van der Waals surface area contributed by atoms with E-state index in [-0.39, 0.29) is 31.3 Å². The predicted molar refractivity (Wildman–Crippen MR) is 112 cm³/mol. The molecule has 2 aromatic carbocycles. The lowest BCUT2D eigenvalue weighted by molar-refractivity contribution is -0.140. The second-order valence-corrected chi connectivity index (χ2v) is 7.34. The van der Waals surface area contributed by atoms with Gasteiger partial charge in [-0.3, -0.25) is 9.59 Å². The van der Waals surface area contributed by atoms with Crippen LogP contribution in [0.3, 0.4) is 0 Å². The molecule has 31 heavy (non-hydrogen) atoms. The number of amides is 1. The number of benzene rings is 2. The molecular weight excluding hydrogens is 400 g/mol. The molecule has 0 radical (unpaired) electrons. The van der Waals surface area contributed by atoms with E-state index in [9.17, 15) is 14.7 Å². The first-order valence-corrected chi connectivity index (χ1v) is 9.83. The van der Waals surface area contributed by atoms with Gasteiger partial charge in [0.15, 0.2) is 11.5 Å². The van der Waals surface area contributed by atoms with Crippen molar-refractivity contribution in [3.8, 4) is 11.5 Å². The number of hydrogen-bond acceptors (Lipinski definition) is 6. The van der Waals surface area contributed by atoms with Crippen LogP contribution < -0.4 is 9.47 Å². The van der Waals surface area contributed by atoms with Crippen molar-refractivity contribution in [2.75, 3.05) is 27.1 Å². The van der Waals surface area contributed by atoms with Crippen molar-refractivity contribution in [1.82, 2.24) is 9.88 Å². The molecule has 8 heteroatoms. The standard InChI is InChI=1S/C23H20N2O6/c1-29-9-8-25-20(15-11-24-16-5-3-2-4-14(15)16)19(22(27)23(25)28)21(26)13-6-7-17-18(10-13)31-12-30-17/h2-7,10-11,20,24,26H,8-9,12H2,1H3/b21-19+. The maximum Gasteiger partial charge on any atom is 0.295 e. The van der Waals surface area contributed by atoms with Crippen molar-refractivity contribution in [1.29, 1.82) is 0 Å². The normalized spacial score (nSPS) is 19.5. The third kappa shape index (κ3) is 3.03. The van der Waals surface area contributed by atoms with Gasteiger partial charge in [-0.05, 0) is 24.3 Å². The van der Waals surface area contributed by atoms with Gasteiger partial charge in [-0.25, -0.2) is 0 Å². The van der Waals surface area contributed by atoms with Gasteiger partial charge < -0.3 is 29.2 Å². The second-order valence-electron chi connectivity index (χ2n) is 7.34. The molecule has 2 aliphatic rings. The molecular formula is C23H20N2O6. The molecule has 158 valence electrons. The van der Waals surface area contributed by atoms with E-state index in [1.807, 2.05) is 24.3 Å². The Hall–Kier alpha value is -3.78. The number of methoxy groups -OCH3 is 1. The van der Waals surface area contributed by atoms with E-state index in [4.69, 9.17) is 14.2 Å². The lowest BCUT2D eigenvalue weighted by Crippen LogP contribution is -2.32. The zero-order chi connectivity index (χ0) is 21.5. The fourth-order valence-corrected chi connectivity index (χ4v) is 4.14. The smallest absolute Gasteiger partial charge is 0.295 e. The van der Waals surface area contributed by atoms with Gasteiger partial charge in [0.1, 0.15) is 5.76 Å². The van der Waals surface area contributed by atoms with Crippen LogP contribution in [0.5, 0.6) is 11.5 Å². The molecule has 2 N–H and O–H groups in total. The van der Waals surface area contributed by atoms with Crippen LogP contribution >= 0.6 is 0 Å². The number of aliphatic hydroxyl groups excluding tert-OH is 1. The molecule has 2 aliphatic heterocycles. The minimum atomic E-state index is -0.753. The molecule has 5 rings (SSSR count). The number of fused-ring (bicyclic) bond motifs is 2. The SMILES string of the molecule is COCCN1C(=O)C(=O)/C(=C(/O)c2ccc3c(c2)OCO3)C1c1c[nH]c2ccccc12. The minimum absolute atomic E-state index is 0.0321. The average molecular weight is 420 g/mol. The molecule has 0 bridgehead atoms. The van der Waals surface area contributed by atoms with Crippen LogP contribution in [0.1, 0.15) is 17.2 Å². The largest absolute Gasteiger partial charge is 0.507 e. The summed E-state index contributed by atoms with van der Waals surface area (Å²) < 4.78 is 15.9. The summed E-state index contributed by atoms with van der Waals surface area (Å²) in [7, 11) is 1.53. The Morgan fingerprint density at radius 3 is 2.84 bits per heavy atom. The Labute approximate surface area is 177 Å². The average Bonchev–Trinajstić information content (AvgIpc) is 3.48. The van der Waals surface area contributed by atoms with Crippen LogP contribution in [0.2, 0.25) is 0 Å². The highest BCUT2D eigenvalue weighted by atomic mass is 16.7. The number of Topliss-reactive ketones (excluding diaryl/α,β-unsaturated/α-hetero) is 1. The number of para-hydroxylation sites is 1. The number of aromatic nitrogens is 1. The molecule has 1 saturated heterocycles. The maximum atomic E-state index is 13.1.